The first-order valence-corrected chi connectivity index (χ1v) is 12.4. The lowest BCUT2D eigenvalue weighted by atomic mass is 9.90. The maximum absolute atomic E-state index is 14.9. The fraction of sp³-hybridized carbons (Fsp3) is 0.519. The maximum atomic E-state index is 14.9. The number of aromatic nitrogens is 1. The van der Waals surface area contributed by atoms with E-state index in [-0.39, 0.29) is 48.5 Å². The Balaban J connectivity index is 1.60. The first-order chi connectivity index (χ1) is 17.4. The van der Waals surface area contributed by atoms with Crippen molar-refractivity contribution in [2.75, 3.05) is 13.2 Å². The normalized spacial score (nSPS) is 23.2. The van der Waals surface area contributed by atoms with Crippen molar-refractivity contribution in [1.29, 1.82) is 0 Å². The highest BCUT2D eigenvalue weighted by Crippen LogP contribution is 2.36. The molecule has 2 aliphatic rings. The minimum absolute atomic E-state index is 0.0272. The second-order valence-corrected chi connectivity index (χ2v) is 10.3. The van der Waals surface area contributed by atoms with Gasteiger partial charge in [0.25, 0.3) is 5.91 Å². The van der Waals surface area contributed by atoms with Crippen molar-refractivity contribution in [3.05, 3.63) is 64.7 Å². The Morgan fingerprint density at radius 1 is 1.14 bits per heavy atom. The highest BCUT2D eigenvalue weighted by molar-refractivity contribution is 5.98. The van der Waals surface area contributed by atoms with Crippen molar-refractivity contribution < 1.29 is 31.9 Å². The van der Waals surface area contributed by atoms with E-state index in [1.165, 1.54) is 0 Å². The number of pyridine rings is 1. The Morgan fingerprint density at radius 2 is 1.84 bits per heavy atom. The van der Waals surface area contributed by atoms with Gasteiger partial charge < -0.3 is 15.0 Å². The summed E-state index contributed by atoms with van der Waals surface area (Å²) >= 11 is 0. The number of likely N-dealkylation sites (tertiary alicyclic amines) is 1. The van der Waals surface area contributed by atoms with Gasteiger partial charge in [-0.2, -0.15) is 13.2 Å². The second kappa shape index (κ2) is 10.4. The fourth-order valence-corrected chi connectivity index (χ4v) is 4.93. The maximum Gasteiger partial charge on any atom is 0.416 e. The van der Waals surface area contributed by atoms with Gasteiger partial charge in [-0.15, -0.1) is 0 Å². The highest BCUT2D eigenvalue weighted by atomic mass is 19.4. The molecule has 4 rings (SSSR count). The summed E-state index contributed by atoms with van der Waals surface area (Å²) in [6, 6.07) is 3.73. The molecule has 0 aliphatic carbocycles. The van der Waals surface area contributed by atoms with Crippen LogP contribution >= 0.6 is 0 Å². The molecule has 1 unspecified atom stereocenters. The molecule has 10 heteroatoms. The van der Waals surface area contributed by atoms with E-state index >= 15 is 0 Å². The molecule has 1 N–H and O–H groups in total. The van der Waals surface area contributed by atoms with Gasteiger partial charge in [-0.05, 0) is 49.4 Å². The number of halogens is 4. The second-order valence-electron chi connectivity index (χ2n) is 10.3. The fourth-order valence-electron chi connectivity index (χ4n) is 4.93. The number of carbonyl (C=O) groups excluding carboxylic acids is 2. The van der Waals surface area contributed by atoms with E-state index in [0.29, 0.717) is 18.1 Å². The van der Waals surface area contributed by atoms with Crippen molar-refractivity contribution in [3.63, 3.8) is 0 Å². The number of alkyl halides is 3. The molecule has 6 nitrogen and oxygen atoms in total. The molecule has 3 heterocycles. The molecule has 2 aromatic rings. The van der Waals surface area contributed by atoms with Crippen LogP contribution in [-0.2, 0) is 15.7 Å². The van der Waals surface area contributed by atoms with Gasteiger partial charge in [0.05, 0.1) is 24.8 Å². The molecule has 0 bridgehead atoms. The molecule has 1 aromatic carbocycles. The lowest BCUT2D eigenvalue weighted by Gasteiger charge is -2.36. The molecule has 0 radical (unpaired) electrons. The predicted octanol–water partition coefficient (Wildman–Crippen LogP) is 5.11. The predicted molar refractivity (Wildman–Crippen MR) is 128 cm³/mol. The summed E-state index contributed by atoms with van der Waals surface area (Å²) in [5, 5.41) is 2.84. The van der Waals surface area contributed by atoms with E-state index in [2.05, 4.69) is 10.3 Å². The van der Waals surface area contributed by atoms with Gasteiger partial charge in [0.2, 0.25) is 5.91 Å². The number of rotatable bonds is 6. The monoisotopic (exact) mass is 521 g/mol. The Kier molecular flexibility index (Phi) is 7.60. The van der Waals surface area contributed by atoms with Crippen LogP contribution in [-0.4, -0.2) is 47.0 Å². The Morgan fingerprint density at radius 3 is 2.41 bits per heavy atom. The zero-order chi connectivity index (χ0) is 27.1. The van der Waals surface area contributed by atoms with Gasteiger partial charge in [0.1, 0.15) is 11.9 Å². The molecule has 0 saturated carbocycles. The number of hydrogen-bond acceptors (Lipinski definition) is 4. The number of hydrogen-bond donors (Lipinski definition) is 1. The summed E-state index contributed by atoms with van der Waals surface area (Å²) in [5.74, 6) is -1.98. The van der Waals surface area contributed by atoms with E-state index in [1.54, 1.807) is 23.2 Å². The molecule has 1 aromatic heterocycles. The number of ether oxygens (including phenoxy) is 1. The van der Waals surface area contributed by atoms with Gasteiger partial charge in [0.15, 0.2) is 0 Å². The lowest BCUT2D eigenvalue weighted by molar-refractivity contribution is -0.138. The van der Waals surface area contributed by atoms with Gasteiger partial charge >= 0.3 is 6.18 Å². The van der Waals surface area contributed by atoms with Crippen LogP contribution in [0.1, 0.15) is 73.3 Å². The molecule has 37 heavy (non-hydrogen) atoms. The molecule has 2 saturated heterocycles. The van der Waals surface area contributed by atoms with Crippen LogP contribution in [0.3, 0.4) is 0 Å². The summed E-state index contributed by atoms with van der Waals surface area (Å²) in [4.78, 5) is 33.0. The smallest absolute Gasteiger partial charge is 0.381 e. The SMILES string of the molecule is CC(C)c1cc(C(=O)N2[C@@H](C(=O)NC(c3ccc(C(F)(F)F)cc3F)C3COC3)C[C@@H](C)[C@H]2C)ccn1. The van der Waals surface area contributed by atoms with Gasteiger partial charge in [0, 0.05) is 35.0 Å². The van der Waals surface area contributed by atoms with Gasteiger partial charge in [-0.1, -0.05) is 26.8 Å². The van der Waals surface area contributed by atoms with Gasteiger partial charge in [-0.3, -0.25) is 14.6 Å². The largest absolute Gasteiger partial charge is 0.416 e. The van der Waals surface area contributed by atoms with Crippen molar-refractivity contribution in [2.45, 2.75) is 64.3 Å². The Bertz CT molecular complexity index is 1170. The van der Waals surface area contributed by atoms with Crippen molar-refractivity contribution in [3.8, 4) is 0 Å². The third-order valence-electron chi connectivity index (χ3n) is 7.45. The van der Waals surface area contributed by atoms with Crippen LogP contribution < -0.4 is 5.32 Å². The minimum atomic E-state index is -4.68. The van der Waals surface area contributed by atoms with Crippen LogP contribution in [0.15, 0.2) is 36.5 Å². The quantitative estimate of drug-likeness (QED) is 0.537. The van der Waals surface area contributed by atoms with Crippen molar-refractivity contribution in [2.24, 2.45) is 11.8 Å². The average Bonchev–Trinajstić information content (AvgIpc) is 3.10. The van der Waals surface area contributed by atoms with Crippen LogP contribution in [0.5, 0.6) is 0 Å². The Hall–Kier alpha value is -3.01. The first kappa shape index (κ1) is 27.0. The number of amides is 2. The molecule has 4 atom stereocenters. The number of carbonyl (C=O) groups is 2. The van der Waals surface area contributed by atoms with E-state index in [1.807, 2.05) is 27.7 Å². The molecular weight excluding hydrogens is 490 g/mol. The summed E-state index contributed by atoms with van der Waals surface area (Å²) in [6.07, 6.45) is -2.71. The first-order valence-electron chi connectivity index (χ1n) is 12.4. The molecule has 0 spiro atoms. The van der Waals surface area contributed by atoms with E-state index in [9.17, 15) is 27.2 Å². The molecule has 2 aliphatic heterocycles. The summed E-state index contributed by atoms with van der Waals surface area (Å²) in [6.45, 7) is 8.25. The van der Waals surface area contributed by atoms with Gasteiger partial charge in [-0.25, -0.2) is 4.39 Å². The van der Waals surface area contributed by atoms with Crippen LogP contribution in [0.25, 0.3) is 0 Å². The highest BCUT2D eigenvalue weighted by Gasteiger charge is 2.45. The number of benzene rings is 1. The van der Waals surface area contributed by atoms with E-state index in [0.717, 1.165) is 17.8 Å². The third-order valence-corrected chi connectivity index (χ3v) is 7.45. The third kappa shape index (κ3) is 5.49. The zero-order valence-electron chi connectivity index (χ0n) is 21.2. The topological polar surface area (TPSA) is 71.5 Å². The molecule has 2 amide bonds. The van der Waals surface area contributed by atoms with Crippen molar-refractivity contribution >= 4 is 11.8 Å². The Labute approximate surface area is 213 Å². The van der Waals surface area contributed by atoms with Crippen LogP contribution in [0.4, 0.5) is 17.6 Å². The number of nitrogens with zero attached hydrogens (tertiary/aromatic N) is 2. The van der Waals surface area contributed by atoms with Crippen LogP contribution in [0.2, 0.25) is 0 Å². The minimum Gasteiger partial charge on any atom is -0.381 e. The summed E-state index contributed by atoms with van der Waals surface area (Å²) in [5.41, 5.74) is 0.0455. The molecule has 2 fully saturated rings. The summed E-state index contributed by atoms with van der Waals surface area (Å²) in [7, 11) is 0. The van der Waals surface area contributed by atoms with E-state index in [4.69, 9.17) is 4.74 Å². The zero-order valence-corrected chi connectivity index (χ0v) is 21.2. The van der Waals surface area contributed by atoms with Crippen LogP contribution in [0, 0.1) is 17.7 Å². The number of nitrogens with one attached hydrogen (secondary N) is 1. The van der Waals surface area contributed by atoms with E-state index < -0.39 is 35.5 Å². The van der Waals surface area contributed by atoms with Crippen molar-refractivity contribution in [1.82, 2.24) is 15.2 Å². The summed E-state index contributed by atoms with van der Waals surface area (Å²) < 4.78 is 59.3. The lowest BCUT2D eigenvalue weighted by Crippen LogP contribution is -2.51. The molecule has 200 valence electrons. The average molecular weight is 522 g/mol. The molecular formula is C27H31F4N3O3. The standard InChI is InChI=1S/C27H31F4N3O3/c1-14(2)22-10-17(7-8-32-22)26(36)34-16(4)15(3)9-23(34)25(35)33-24(18-12-37-13-18)20-6-5-19(11-21(20)28)27(29,30)31/h5-8,10-11,14-16,18,23-24H,9,12-13H2,1-4H3,(H,33,35)/t15-,16-,23-,24?/m1/s1.